The third kappa shape index (κ3) is 1.88. The second-order valence-corrected chi connectivity index (χ2v) is 4.73. The summed E-state index contributed by atoms with van der Waals surface area (Å²) in [6.45, 7) is 0.528. The fourth-order valence-electron chi connectivity index (χ4n) is 1.93. The van der Waals surface area contributed by atoms with E-state index in [2.05, 4.69) is 31.2 Å². The highest BCUT2D eigenvalue weighted by molar-refractivity contribution is 9.10. The van der Waals surface area contributed by atoms with Crippen molar-refractivity contribution in [3.63, 3.8) is 0 Å². The van der Waals surface area contributed by atoms with Crippen LogP contribution >= 0.6 is 15.9 Å². The summed E-state index contributed by atoms with van der Waals surface area (Å²) in [4.78, 5) is 18.1. The topological polar surface area (TPSA) is 67.0 Å². The van der Waals surface area contributed by atoms with Crippen LogP contribution in [0.4, 0.5) is 5.82 Å². The van der Waals surface area contributed by atoms with E-state index in [4.69, 9.17) is 4.74 Å². The SMILES string of the molecule is O=c1[nH]cnc(NC2COc3ccccc32)c1Br. The summed E-state index contributed by atoms with van der Waals surface area (Å²) < 4.78 is 5.96. The summed E-state index contributed by atoms with van der Waals surface area (Å²) in [7, 11) is 0. The first-order valence-electron chi connectivity index (χ1n) is 5.47. The second kappa shape index (κ2) is 4.45. The van der Waals surface area contributed by atoms with Crippen LogP contribution in [0.15, 0.2) is 39.9 Å². The number of H-pyrrole nitrogens is 1. The maximum Gasteiger partial charge on any atom is 0.267 e. The number of hydrogen-bond acceptors (Lipinski definition) is 4. The second-order valence-electron chi connectivity index (χ2n) is 3.94. The minimum atomic E-state index is -0.209. The van der Waals surface area contributed by atoms with E-state index >= 15 is 0 Å². The molecule has 1 unspecified atom stereocenters. The molecular weight excluding hydrogens is 298 g/mol. The lowest BCUT2D eigenvalue weighted by molar-refractivity contribution is 0.339. The van der Waals surface area contributed by atoms with E-state index in [1.165, 1.54) is 6.33 Å². The number of benzene rings is 1. The van der Waals surface area contributed by atoms with Crippen molar-refractivity contribution < 1.29 is 4.74 Å². The summed E-state index contributed by atoms with van der Waals surface area (Å²) in [6, 6.07) is 7.83. The molecule has 0 spiro atoms. The Hall–Kier alpha value is -1.82. The van der Waals surface area contributed by atoms with Crippen molar-refractivity contribution in [3.05, 3.63) is 51.0 Å². The number of nitrogens with one attached hydrogen (secondary N) is 2. The third-order valence-corrected chi connectivity index (χ3v) is 3.54. The van der Waals surface area contributed by atoms with Gasteiger partial charge in [-0.05, 0) is 22.0 Å². The maximum atomic E-state index is 11.4. The van der Waals surface area contributed by atoms with Gasteiger partial charge in [0.05, 0.1) is 12.4 Å². The smallest absolute Gasteiger partial charge is 0.267 e. The van der Waals surface area contributed by atoms with Gasteiger partial charge in [0.1, 0.15) is 22.6 Å². The van der Waals surface area contributed by atoms with Gasteiger partial charge in [-0.2, -0.15) is 0 Å². The van der Waals surface area contributed by atoms with Crippen molar-refractivity contribution in [1.29, 1.82) is 0 Å². The van der Waals surface area contributed by atoms with Gasteiger partial charge >= 0.3 is 0 Å². The van der Waals surface area contributed by atoms with Gasteiger partial charge < -0.3 is 15.0 Å². The molecular formula is C12H10BrN3O2. The normalized spacial score (nSPS) is 17.1. The number of anilines is 1. The first-order chi connectivity index (χ1) is 8.75. The van der Waals surface area contributed by atoms with Crippen LogP contribution in [0, 0.1) is 0 Å². The molecule has 3 rings (SSSR count). The number of ether oxygens (including phenoxy) is 1. The average Bonchev–Trinajstić information content (AvgIpc) is 2.79. The Bertz CT molecular complexity index is 641. The lowest BCUT2D eigenvalue weighted by Crippen LogP contribution is -2.17. The van der Waals surface area contributed by atoms with E-state index in [1.54, 1.807) is 0 Å². The lowest BCUT2D eigenvalue weighted by Gasteiger charge is -2.12. The van der Waals surface area contributed by atoms with Gasteiger partial charge in [-0.1, -0.05) is 18.2 Å². The van der Waals surface area contributed by atoms with E-state index in [9.17, 15) is 4.79 Å². The van der Waals surface area contributed by atoms with Gasteiger partial charge in [-0.25, -0.2) is 4.98 Å². The molecule has 1 aromatic carbocycles. The molecule has 2 N–H and O–H groups in total. The monoisotopic (exact) mass is 307 g/mol. The van der Waals surface area contributed by atoms with Crippen LogP contribution in [0.2, 0.25) is 0 Å². The zero-order chi connectivity index (χ0) is 12.5. The zero-order valence-electron chi connectivity index (χ0n) is 9.31. The number of halogens is 1. The Morgan fingerprint density at radius 3 is 3.17 bits per heavy atom. The Labute approximate surface area is 111 Å². The molecule has 0 saturated carbocycles. The van der Waals surface area contributed by atoms with Crippen LogP contribution in [-0.4, -0.2) is 16.6 Å². The van der Waals surface area contributed by atoms with Crippen molar-refractivity contribution in [3.8, 4) is 5.75 Å². The van der Waals surface area contributed by atoms with Crippen molar-refractivity contribution in [2.24, 2.45) is 0 Å². The predicted octanol–water partition coefficient (Wildman–Crippen LogP) is 2.08. The van der Waals surface area contributed by atoms with Crippen LogP contribution in [0.1, 0.15) is 11.6 Å². The largest absolute Gasteiger partial charge is 0.491 e. The van der Waals surface area contributed by atoms with Crippen LogP contribution in [0.25, 0.3) is 0 Å². The van der Waals surface area contributed by atoms with Gasteiger partial charge in [-0.3, -0.25) is 4.79 Å². The molecule has 0 amide bonds. The van der Waals surface area contributed by atoms with Gasteiger partial charge in [0, 0.05) is 5.56 Å². The minimum absolute atomic E-state index is 0.00630. The summed E-state index contributed by atoms with van der Waals surface area (Å²) >= 11 is 3.22. The molecule has 92 valence electrons. The Balaban J connectivity index is 1.91. The molecule has 1 aliphatic heterocycles. The van der Waals surface area contributed by atoms with E-state index in [1.807, 2.05) is 24.3 Å². The molecule has 2 aromatic rings. The number of para-hydroxylation sites is 1. The molecule has 1 aromatic heterocycles. The Morgan fingerprint density at radius 2 is 2.28 bits per heavy atom. The lowest BCUT2D eigenvalue weighted by atomic mass is 10.1. The fraction of sp³-hybridized carbons (Fsp3) is 0.167. The standard InChI is InChI=1S/C12H10BrN3O2/c13-10-11(14-6-15-12(10)17)16-8-5-18-9-4-2-1-3-7(8)9/h1-4,6,8H,5H2,(H2,14,15,16,17). The quantitative estimate of drug-likeness (QED) is 0.891. The first kappa shape index (κ1) is 11.3. The molecule has 6 heteroatoms. The average molecular weight is 308 g/mol. The molecule has 0 bridgehead atoms. The summed E-state index contributed by atoms with van der Waals surface area (Å²) in [6.07, 6.45) is 1.37. The van der Waals surface area contributed by atoms with E-state index < -0.39 is 0 Å². The van der Waals surface area contributed by atoms with Gasteiger partial charge in [-0.15, -0.1) is 0 Å². The molecule has 0 fully saturated rings. The van der Waals surface area contributed by atoms with E-state index in [0.717, 1.165) is 11.3 Å². The van der Waals surface area contributed by atoms with E-state index in [0.29, 0.717) is 16.9 Å². The Kier molecular flexibility index (Phi) is 2.79. The molecule has 0 aliphatic carbocycles. The molecule has 0 radical (unpaired) electrons. The molecule has 1 aliphatic rings. The van der Waals surface area contributed by atoms with Crippen LogP contribution in [0.5, 0.6) is 5.75 Å². The number of hydrogen-bond donors (Lipinski definition) is 2. The summed E-state index contributed by atoms with van der Waals surface area (Å²) in [5.41, 5.74) is 0.867. The molecule has 2 heterocycles. The van der Waals surface area contributed by atoms with Gasteiger partial charge in [0.2, 0.25) is 0 Å². The van der Waals surface area contributed by atoms with Crippen molar-refractivity contribution >= 4 is 21.7 Å². The minimum Gasteiger partial charge on any atom is -0.491 e. The van der Waals surface area contributed by atoms with Crippen molar-refractivity contribution in [2.75, 3.05) is 11.9 Å². The van der Waals surface area contributed by atoms with Crippen LogP contribution in [-0.2, 0) is 0 Å². The van der Waals surface area contributed by atoms with Crippen molar-refractivity contribution in [1.82, 2.24) is 9.97 Å². The van der Waals surface area contributed by atoms with E-state index in [-0.39, 0.29) is 11.6 Å². The zero-order valence-corrected chi connectivity index (χ0v) is 10.9. The number of aromatic amines is 1. The van der Waals surface area contributed by atoms with Crippen LogP contribution < -0.4 is 15.6 Å². The third-order valence-electron chi connectivity index (χ3n) is 2.81. The molecule has 18 heavy (non-hydrogen) atoms. The highest BCUT2D eigenvalue weighted by Gasteiger charge is 2.24. The number of rotatable bonds is 2. The van der Waals surface area contributed by atoms with Crippen LogP contribution in [0.3, 0.4) is 0 Å². The summed E-state index contributed by atoms with van der Waals surface area (Å²) in [5.74, 6) is 1.39. The van der Waals surface area contributed by atoms with Gasteiger partial charge in [0.25, 0.3) is 5.56 Å². The number of aromatic nitrogens is 2. The first-order valence-corrected chi connectivity index (χ1v) is 6.26. The highest BCUT2D eigenvalue weighted by Crippen LogP contribution is 2.34. The Morgan fingerprint density at radius 1 is 1.44 bits per heavy atom. The highest BCUT2D eigenvalue weighted by atomic mass is 79.9. The molecule has 5 nitrogen and oxygen atoms in total. The molecule has 0 saturated heterocycles. The maximum absolute atomic E-state index is 11.4. The number of fused-ring (bicyclic) bond motifs is 1. The molecule has 1 atom stereocenters. The predicted molar refractivity (Wildman–Crippen MR) is 70.9 cm³/mol. The van der Waals surface area contributed by atoms with Gasteiger partial charge in [0.15, 0.2) is 0 Å². The van der Waals surface area contributed by atoms with Crippen molar-refractivity contribution in [2.45, 2.75) is 6.04 Å². The fourth-order valence-corrected chi connectivity index (χ4v) is 2.26. The summed E-state index contributed by atoms with van der Waals surface area (Å²) in [5, 5.41) is 3.20. The number of nitrogens with zero attached hydrogens (tertiary/aromatic N) is 1.